The molecule has 1 aromatic carbocycles. The second-order valence-corrected chi connectivity index (χ2v) is 8.46. The number of hydrogen-bond donors (Lipinski definition) is 2. The molecule has 0 bridgehead atoms. The molecule has 29 heavy (non-hydrogen) atoms. The Bertz CT molecular complexity index is 1110. The van der Waals surface area contributed by atoms with Crippen LogP contribution < -0.4 is 10.0 Å². The van der Waals surface area contributed by atoms with Gasteiger partial charge in [0.15, 0.2) is 0 Å². The second kappa shape index (κ2) is 8.35. The number of nitrogens with one attached hydrogen (secondary N) is 2. The van der Waals surface area contributed by atoms with Gasteiger partial charge in [-0.3, -0.25) is 19.5 Å². The molecule has 0 aliphatic rings. The summed E-state index contributed by atoms with van der Waals surface area (Å²) in [6, 6.07) is 4.65. The van der Waals surface area contributed by atoms with Crippen LogP contribution in [-0.2, 0) is 16.6 Å². The van der Waals surface area contributed by atoms with Gasteiger partial charge in [-0.05, 0) is 26.0 Å². The highest BCUT2D eigenvalue weighted by Gasteiger charge is 2.17. The average Bonchev–Trinajstić information content (AvgIpc) is 3.11. The van der Waals surface area contributed by atoms with Crippen LogP contribution in [0.15, 0.2) is 43.0 Å². The van der Waals surface area contributed by atoms with E-state index in [0.717, 1.165) is 11.8 Å². The molecule has 0 radical (unpaired) electrons. The zero-order chi connectivity index (χ0) is 21.0. The van der Waals surface area contributed by atoms with Crippen LogP contribution in [0.25, 0.3) is 11.4 Å². The van der Waals surface area contributed by atoms with Crippen molar-refractivity contribution < 1.29 is 13.2 Å². The fourth-order valence-corrected chi connectivity index (χ4v) is 3.28. The molecule has 0 fully saturated rings. The lowest BCUT2D eigenvalue weighted by Crippen LogP contribution is -2.36. The predicted octanol–water partition coefficient (Wildman–Crippen LogP) is 1.23. The molecule has 0 aliphatic carbocycles. The van der Waals surface area contributed by atoms with Crippen molar-refractivity contribution >= 4 is 21.6 Å². The lowest BCUT2D eigenvalue weighted by molar-refractivity contribution is 0.0936. The SMILES string of the molecule is Cc1ccc(NS(C)(=O)=O)c(C(=O)NC(C)Cn2cc(-c3cnccn3)nn2)c1. The van der Waals surface area contributed by atoms with E-state index in [2.05, 4.69) is 30.3 Å². The first-order valence-electron chi connectivity index (χ1n) is 8.77. The standard InChI is InChI=1S/C18H21N7O3S/c1-12-4-5-15(23-29(3,27)28)14(8-12)18(26)21-13(2)10-25-11-17(22-24-25)16-9-19-6-7-20-16/h4-9,11,13,23H,10H2,1-3H3,(H,21,26). The molecule has 2 N–H and O–H groups in total. The third kappa shape index (κ3) is 5.57. The molecule has 0 spiro atoms. The van der Waals surface area contributed by atoms with Crippen LogP contribution in [0.2, 0.25) is 0 Å². The van der Waals surface area contributed by atoms with E-state index in [0.29, 0.717) is 17.9 Å². The number of carbonyl (C=O) groups is 1. The van der Waals surface area contributed by atoms with Gasteiger partial charge < -0.3 is 5.32 Å². The second-order valence-electron chi connectivity index (χ2n) is 6.71. The molecule has 10 nitrogen and oxygen atoms in total. The third-order valence-electron chi connectivity index (χ3n) is 3.92. The fourth-order valence-electron chi connectivity index (χ4n) is 2.70. The van der Waals surface area contributed by atoms with Crippen LogP contribution in [0, 0.1) is 6.92 Å². The van der Waals surface area contributed by atoms with E-state index in [4.69, 9.17) is 0 Å². The maximum atomic E-state index is 12.7. The van der Waals surface area contributed by atoms with Crippen LogP contribution in [0.4, 0.5) is 5.69 Å². The first-order chi connectivity index (χ1) is 13.7. The number of aryl methyl sites for hydroxylation is 1. The van der Waals surface area contributed by atoms with Crippen molar-refractivity contribution in [2.75, 3.05) is 11.0 Å². The number of aromatic nitrogens is 5. The van der Waals surface area contributed by atoms with Crippen molar-refractivity contribution in [1.82, 2.24) is 30.3 Å². The van der Waals surface area contributed by atoms with Gasteiger partial charge in [0.25, 0.3) is 5.91 Å². The Labute approximate surface area is 168 Å². The molecule has 2 aromatic heterocycles. The van der Waals surface area contributed by atoms with E-state index in [1.165, 1.54) is 0 Å². The largest absolute Gasteiger partial charge is 0.348 e. The summed E-state index contributed by atoms with van der Waals surface area (Å²) in [4.78, 5) is 20.9. The zero-order valence-electron chi connectivity index (χ0n) is 16.2. The monoisotopic (exact) mass is 415 g/mol. The van der Waals surface area contributed by atoms with Crippen molar-refractivity contribution in [2.45, 2.75) is 26.4 Å². The van der Waals surface area contributed by atoms with E-state index in [1.807, 2.05) is 13.8 Å². The lowest BCUT2D eigenvalue weighted by Gasteiger charge is -2.16. The highest BCUT2D eigenvalue weighted by Crippen LogP contribution is 2.19. The molecule has 0 saturated carbocycles. The van der Waals surface area contributed by atoms with Crippen molar-refractivity contribution in [2.24, 2.45) is 0 Å². The quantitative estimate of drug-likeness (QED) is 0.593. The van der Waals surface area contributed by atoms with Gasteiger partial charge in [0.05, 0.1) is 36.4 Å². The Balaban J connectivity index is 1.70. The molecule has 3 rings (SSSR count). The summed E-state index contributed by atoms with van der Waals surface area (Å²) in [7, 11) is -3.51. The molecule has 1 unspecified atom stereocenters. The number of rotatable bonds is 7. The molecule has 0 saturated heterocycles. The Morgan fingerprint density at radius 1 is 1.24 bits per heavy atom. The van der Waals surface area contributed by atoms with E-state index in [-0.39, 0.29) is 23.2 Å². The van der Waals surface area contributed by atoms with E-state index in [1.54, 1.807) is 47.7 Å². The van der Waals surface area contributed by atoms with E-state index in [9.17, 15) is 13.2 Å². The Morgan fingerprint density at radius 3 is 2.72 bits per heavy atom. The normalized spacial score (nSPS) is 12.4. The molecule has 2 heterocycles. The van der Waals surface area contributed by atoms with Gasteiger partial charge in [-0.1, -0.05) is 16.8 Å². The summed E-state index contributed by atoms with van der Waals surface area (Å²) in [6.07, 6.45) is 7.49. The summed E-state index contributed by atoms with van der Waals surface area (Å²) < 4.78 is 27.1. The molecule has 0 aliphatic heterocycles. The predicted molar refractivity (Wildman–Crippen MR) is 108 cm³/mol. The first-order valence-corrected chi connectivity index (χ1v) is 10.7. The smallest absolute Gasteiger partial charge is 0.253 e. The Kier molecular flexibility index (Phi) is 5.87. The number of carbonyl (C=O) groups excluding carboxylic acids is 1. The van der Waals surface area contributed by atoms with Crippen molar-refractivity contribution in [1.29, 1.82) is 0 Å². The first kappa shape index (κ1) is 20.4. The minimum atomic E-state index is -3.51. The molecule has 3 aromatic rings. The van der Waals surface area contributed by atoms with Gasteiger partial charge in [0.1, 0.15) is 11.4 Å². The van der Waals surface area contributed by atoms with Crippen molar-refractivity contribution in [3.05, 3.63) is 54.1 Å². The number of sulfonamides is 1. The highest BCUT2D eigenvalue weighted by atomic mass is 32.2. The van der Waals surface area contributed by atoms with Gasteiger partial charge in [-0.25, -0.2) is 13.1 Å². The number of nitrogens with zero attached hydrogens (tertiary/aromatic N) is 5. The number of benzene rings is 1. The van der Waals surface area contributed by atoms with Gasteiger partial charge >= 0.3 is 0 Å². The fraction of sp³-hybridized carbons (Fsp3) is 0.278. The van der Waals surface area contributed by atoms with Crippen LogP contribution in [0.1, 0.15) is 22.8 Å². The molecule has 1 amide bonds. The molecular weight excluding hydrogens is 394 g/mol. The van der Waals surface area contributed by atoms with Crippen LogP contribution >= 0.6 is 0 Å². The van der Waals surface area contributed by atoms with Crippen molar-refractivity contribution in [3.63, 3.8) is 0 Å². The molecular formula is C18H21N7O3S. The van der Waals surface area contributed by atoms with Gasteiger partial charge in [-0.2, -0.15) is 0 Å². The van der Waals surface area contributed by atoms with Crippen molar-refractivity contribution in [3.8, 4) is 11.4 Å². The van der Waals surface area contributed by atoms with E-state index >= 15 is 0 Å². The Morgan fingerprint density at radius 2 is 2.03 bits per heavy atom. The summed E-state index contributed by atoms with van der Waals surface area (Å²) in [6.45, 7) is 4.02. The highest BCUT2D eigenvalue weighted by molar-refractivity contribution is 7.92. The number of anilines is 1. The van der Waals surface area contributed by atoms with Gasteiger partial charge in [0.2, 0.25) is 10.0 Å². The van der Waals surface area contributed by atoms with Crippen LogP contribution in [0.3, 0.4) is 0 Å². The zero-order valence-corrected chi connectivity index (χ0v) is 17.0. The van der Waals surface area contributed by atoms with Gasteiger partial charge in [-0.15, -0.1) is 5.10 Å². The summed E-state index contributed by atoms with van der Waals surface area (Å²) in [5.74, 6) is -0.387. The minimum absolute atomic E-state index is 0.230. The topological polar surface area (TPSA) is 132 Å². The average molecular weight is 415 g/mol. The minimum Gasteiger partial charge on any atom is -0.348 e. The Hall–Kier alpha value is -3.34. The summed E-state index contributed by atoms with van der Waals surface area (Å²) in [5, 5.41) is 11.0. The molecule has 152 valence electrons. The molecule has 1 atom stereocenters. The summed E-state index contributed by atoms with van der Waals surface area (Å²) >= 11 is 0. The lowest BCUT2D eigenvalue weighted by atomic mass is 10.1. The molecule has 11 heteroatoms. The summed E-state index contributed by atoms with van der Waals surface area (Å²) in [5.41, 5.74) is 2.50. The van der Waals surface area contributed by atoms with Crippen LogP contribution in [0.5, 0.6) is 0 Å². The van der Waals surface area contributed by atoms with Gasteiger partial charge in [0, 0.05) is 18.4 Å². The number of amides is 1. The maximum Gasteiger partial charge on any atom is 0.253 e. The van der Waals surface area contributed by atoms with E-state index < -0.39 is 10.0 Å². The maximum absolute atomic E-state index is 12.7. The van der Waals surface area contributed by atoms with Crippen LogP contribution in [-0.4, -0.2) is 51.6 Å². The third-order valence-corrected chi connectivity index (χ3v) is 4.51. The number of hydrogen-bond acceptors (Lipinski definition) is 7.